The lowest BCUT2D eigenvalue weighted by Crippen LogP contribution is -2.35. The number of aromatic nitrogens is 1. The van der Waals surface area contributed by atoms with Crippen LogP contribution in [-0.2, 0) is 0 Å². The molecule has 0 fully saturated rings. The van der Waals surface area contributed by atoms with E-state index in [-0.39, 0.29) is 29.7 Å². The zero-order chi connectivity index (χ0) is 16.1. The molecule has 6 heteroatoms. The quantitative estimate of drug-likeness (QED) is 0.855. The van der Waals surface area contributed by atoms with Crippen molar-refractivity contribution in [2.45, 2.75) is 32.7 Å². The molecule has 2 heterocycles. The highest BCUT2D eigenvalue weighted by Crippen LogP contribution is 2.25. The van der Waals surface area contributed by atoms with Crippen LogP contribution in [0.3, 0.4) is 0 Å². The Morgan fingerprint density at radius 2 is 2.18 bits per heavy atom. The van der Waals surface area contributed by atoms with Gasteiger partial charge in [0.15, 0.2) is 0 Å². The van der Waals surface area contributed by atoms with E-state index in [1.54, 1.807) is 23.9 Å². The molecule has 2 N–H and O–H groups in total. The van der Waals surface area contributed by atoms with Crippen molar-refractivity contribution in [2.75, 3.05) is 6.61 Å². The Labute approximate surface area is 129 Å². The van der Waals surface area contributed by atoms with Gasteiger partial charge in [0.1, 0.15) is 23.0 Å². The smallest absolute Gasteiger partial charge is 0.256 e. The summed E-state index contributed by atoms with van der Waals surface area (Å²) in [5, 5.41) is 21.3. The number of amides is 1. The number of hydrogen-bond donors (Lipinski definition) is 2. The molecule has 2 aromatic heterocycles. The molecule has 6 nitrogen and oxygen atoms in total. The molecule has 22 heavy (non-hydrogen) atoms. The lowest BCUT2D eigenvalue weighted by atomic mass is 10.1. The first-order valence-electron chi connectivity index (χ1n) is 7.20. The summed E-state index contributed by atoms with van der Waals surface area (Å²) >= 11 is 0. The molecule has 0 aliphatic rings. The van der Waals surface area contributed by atoms with Gasteiger partial charge in [0.05, 0.1) is 0 Å². The maximum Gasteiger partial charge on any atom is 0.256 e. The number of furan rings is 1. The fraction of sp³-hybridized carbons (Fsp3) is 0.375. The predicted molar refractivity (Wildman–Crippen MR) is 80.7 cm³/mol. The molecule has 0 bridgehead atoms. The fourth-order valence-electron chi connectivity index (χ4n) is 2.35. The van der Waals surface area contributed by atoms with Crippen molar-refractivity contribution >= 4 is 5.91 Å². The summed E-state index contributed by atoms with van der Waals surface area (Å²) in [5.74, 6) is 0.387. The van der Waals surface area contributed by atoms with Gasteiger partial charge in [-0.3, -0.25) is 9.36 Å². The van der Waals surface area contributed by atoms with Crippen LogP contribution in [0.5, 0.6) is 0 Å². The Balaban J connectivity index is 2.35. The first-order valence-corrected chi connectivity index (χ1v) is 7.20. The summed E-state index contributed by atoms with van der Waals surface area (Å²) in [4.78, 5) is 12.5. The predicted octanol–water partition coefficient (Wildman–Crippen LogP) is 2.14. The molecule has 0 aromatic carbocycles. The zero-order valence-corrected chi connectivity index (χ0v) is 12.7. The molecule has 0 saturated carbocycles. The maximum atomic E-state index is 12.5. The van der Waals surface area contributed by atoms with Crippen molar-refractivity contribution < 1.29 is 14.3 Å². The normalized spacial score (nSPS) is 11.9. The Kier molecular flexibility index (Phi) is 5.02. The number of nitrogens with one attached hydrogen (secondary N) is 1. The van der Waals surface area contributed by atoms with Crippen LogP contribution < -0.4 is 5.32 Å². The fourth-order valence-corrected chi connectivity index (χ4v) is 2.35. The monoisotopic (exact) mass is 301 g/mol. The summed E-state index contributed by atoms with van der Waals surface area (Å²) in [6.07, 6.45) is 4.68. The van der Waals surface area contributed by atoms with E-state index < -0.39 is 0 Å². The highest BCUT2D eigenvalue weighted by atomic mass is 16.4. The van der Waals surface area contributed by atoms with Crippen molar-refractivity contribution in [3.8, 4) is 12.0 Å². The summed E-state index contributed by atoms with van der Waals surface area (Å²) in [7, 11) is 0. The molecule has 1 atom stereocenters. The van der Waals surface area contributed by atoms with Gasteiger partial charge in [0, 0.05) is 25.0 Å². The minimum atomic E-state index is -0.350. The molecule has 0 aliphatic heterocycles. The van der Waals surface area contributed by atoms with Crippen LogP contribution in [-0.4, -0.2) is 28.2 Å². The highest BCUT2D eigenvalue weighted by molar-refractivity contribution is 5.98. The number of aryl methyl sites for hydroxylation is 1. The van der Waals surface area contributed by atoms with Gasteiger partial charge in [0.2, 0.25) is 5.88 Å². The molecular weight excluding hydrogens is 282 g/mol. The number of aliphatic hydroxyl groups excluding tert-OH is 1. The number of hydrogen-bond acceptors (Lipinski definition) is 4. The highest BCUT2D eigenvalue weighted by Gasteiger charge is 2.25. The van der Waals surface area contributed by atoms with E-state index in [0.717, 1.165) is 0 Å². The van der Waals surface area contributed by atoms with Crippen molar-refractivity contribution in [2.24, 2.45) is 0 Å². The standard InChI is InChI=1S/C16H19N3O3/c1-3-12(6-9-20)18-15(21)14-11(2)22-16(13(14)10-17)19-7-4-5-8-19/h4-5,7-8,12,20H,3,6,9H2,1-2H3,(H,18,21). The average molecular weight is 301 g/mol. The molecule has 0 saturated heterocycles. The summed E-state index contributed by atoms with van der Waals surface area (Å²) in [6.45, 7) is 3.60. The van der Waals surface area contributed by atoms with Crippen molar-refractivity contribution in [1.29, 1.82) is 5.26 Å². The third kappa shape index (κ3) is 3.05. The Hall–Kier alpha value is -2.52. The van der Waals surface area contributed by atoms with Gasteiger partial charge in [-0.05, 0) is 31.9 Å². The van der Waals surface area contributed by atoms with Gasteiger partial charge >= 0.3 is 0 Å². The third-order valence-corrected chi connectivity index (χ3v) is 3.55. The van der Waals surface area contributed by atoms with E-state index in [9.17, 15) is 10.1 Å². The maximum absolute atomic E-state index is 12.5. The first kappa shape index (κ1) is 15.9. The van der Waals surface area contributed by atoms with Gasteiger partial charge in [-0.2, -0.15) is 5.26 Å². The van der Waals surface area contributed by atoms with Crippen LogP contribution in [0.25, 0.3) is 5.88 Å². The molecule has 2 rings (SSSR count). The summed E-state index contributed by atoms with van der Waals surface area (Å²) in [5.41, 5.74) is 0.465. The second-order valence-corrected chi connectivity index (χ2v) is 5.01. The van der Waals surface area contributed by atoms with Crippen molar-refractivity contribution in [3.63, 3.8) is 0 Å². The van der Waals surface area contributed by atoms with Crippen LogP contribution in [0.2, 0.25) is 0 Å². The molecule has 1 unspecified atom stereocenters. The second kappa shape index (κ2) is 6.96. The lowest BCUT2D eigenvalue weighted by Gasteiger charge is -2.15. The SMILES string of the molecule is CCC(CCO)NC(=O)c1c(C)oc(-n2cccc2)c1C#N. The Morgan fingerprint density at radius 3 is 2.73 bits per heavy atom. The number of carbonyl (C=O) groups is 1. The van der Waals surface area contributed by atoms with E-state index in [4.69, 9.17) is 9.52 Å². The van der Waals surface area contributed by atoms with Crippen molar-refractivity contribution in [1.82, 2.24) is 9.88 Å². The van der Waals surface area contributed by atoms with Crippen LogP contribution in [0.15, 0.2) is 28.9 Å². The largest absolute Gasteiger partial charge is 0.443 e. The number of nitrogens with zero attached hydrogens (tertiary/aromatic N) is 2. The second-order valence-electron chi connectivity index (χ2n) is 5.01. The topological polar surface area (TPSA) is 91.2 Å². The van der Waals surface area contributed by atoms with Gasteiger partial charge in [-0.15, -0.1) is 0 Å². The van der Waals surface area contributed by atoms with Gasteiger partial charge < -0.3 is 14.8 Å². The Bertz CT molecular complexity index is 680. The summed E-state index contributed by atoms with van der Waals surface area (Å²) in [6, 6.07) is 5.55. The molecule has 0 radical (unpaired) electrons. The lowest BCUT2D eigenvalue weighted by molar-refractivity contribution is 0.0927. The first-order chi connectivity index (χ1) is 10.6. The molecule has 116 valence electrons. The van der Waals surface area contributed by atoms with E-state index in [0.29, 0.717) is 24.5 Å². The van der Waals surface area contributed by atoms with Crippen LogP contribution >= 0.6 is 0 Å². The average Bonchev–Trinajstić information content (AvgIpc) is 3.13. The Morgan fingerprint density at radius 1 is 1.50 bits per heavy atom. The molecule has 1 amide bonds. The number of aliphatic hydroxyl groups is 1. The molecule has 0 spiro atoms. The number of nitriles is 1. The van der Waals surface area contributed by atoms with Crippen LogP contribution in [0, 0.1) is 18.3 Å². The van der Waals surface area contributed by atoms with Crippen molar-refractivity contribution in [3.05, 3.63) is 41.4 Å². The number of rotatable bonds is 6. The van der Waals surface area contributed by atoms with E-state index in [1.807, 2.05) is 19.1 Å². The van der Waals surface area contributed by atoms with Gasteiger partial charge in [-0.25, -0.2) is 0 Å². The minimum Gasteiger partial charge on any atom is -0.443 e. The van der Waals surface area contributed by atoms with Gasteiger partial charge in [-0.1, -0.05) is 6.92 Å². The minimum absolute atomic E-state index is 0.00286. The van der Waals surface area contributed by atoms with E-state index >= 15 is 0 Å². The van der Waals surface area contributed by atoms with E-state index in [1.165, 1.54) is 0 Å². The molecular formula is C16H19N3O3. The van der Waals surface area contributed by atoms with Crippen LogP contribution in [0.4, 0.5) is 0 Å². The van der Waals surface area contributed by atoms with Gasteiger partial charge in [0.25, 0.3) is 5.91 Å². The zero-order valence-electron chi connectivity index (χ0n) is 12.7. The van der Waals surface area contributed by atoms with E-state index in [2.05, 4.69) is 11.4 Å². The number of carbonyl (C=O) groups excluding carboxylic acids is 1. The summed E-state index contributed by atoms with van der Waals surface area (Å²) < 4.78 is 7.27. The molecule has 0 aliphatic carbocycles. The molecule has 2 aromatic rings. The van der Waals surface area contributed by atoms with Crippen LogP contribution in [0.1, 0.15) is 41.4 Å². The third-order valence-electron chi connectivity index (χ3n) is 3.55.